The molecule has 29 heavy (non-hydrogen) atoms. The lowest BCUT2D eigenvalue weighted by Gasteiger charge is -2.32. The van der Waals surface area contributed by atoms with Gasteiger partial charge in [0.15, 0.2) is 5.69 Å². The number of piperidine rings is 1. The SMILES string of the molecule is O=C(c1cccnn1)N1CCC(Cn2ccc3cc(-c4cn[nH]c4)ncc32)CC1. The summed E-state index contributed by atoms with van der Waals surface area (Å²) in [5.41, 5.74) is 3.46. The number of carbonyl (C=O) groups is 1. The molecule has 1 amide bonds. The minimum absolute atomic E-state index is 0.0288. The van der Waals surface area contributed by atoms with Crippen LogP contribution in [0.4, 0.5) is 0 Å². The van der Waals surface area contributed by atoms with E-state index in [0.717, 1.165) is 49.2 Å². The van der Waals surface area contributed by atoms with Crippen LogP contribution in [-0.2, 0) is 6.54 Å². The molecule has 4 aromatic rings. The van der Waals surface area contributed by atoms with Crippen molar-refractivity contribution >= 4 is 16.8 Å². The van der Waals surface area contributed by atoms with Crippen molar-refractivity contribution in [1.82, 2.24) is 34.8 Å². The number of H-pyrrole nitrogens is 1. The van der Waals surface area contributed by atoms with E-state index in [9.17, 15) is 4.79 Å². The average molecular weight is 387 g/mol. The van der Waals surface area contributed by atoms with E-state index in [1.54, 1.807) is 24.5 Å². The number of carbonyl (C=O) groups excluding carboxylic acids is 1. The van der Waals surface area contributed by atoms with Gasteiger partial charge in [-0.3, -0.25) is 14.9 Å². The van der Waals surface area contributed by atoms with Crippen molar-refractivity contribution in [3.05, 3.63) is 60.9 Å². The molecule has 0 radical (unpaired) electrons. The van der Waals surface area contributed by atoms with Gasteiger partial charge in [-0.25, -0.2) is 0 Å². The van der Waals surface area contributed by atoms with Gasteiger partial charge in [0.05, 0.1) is 23.6 Å². The maximum atomic E-state index is 12.5. The summed E-state index contributed by atoms with van der Waals surface area (Å²) in [6.07, 6.45) is 11.2. The van der Waals surface area contributed by atoms with E-state index in [4.69, 9.17) is 0 Å². The van der Waals surface area contributed by atoms with Crippen LogP contribution in [0.1, 0.15) is 23.3 Å². The molecule has 8 nitrogen and oxygen atoms in total. The number of rotatable bonds is 4. The molecule has 1 N–H and O–H groups in total. The molecule has 5 rings (SSSR count). The molecule has 0 bridgehead atoms. The molecule has 0 aliphatic carbocycles. The van der Waals surface area contributed by atoms with Gasteiger partial charge in [0.25, 0.3) is 5.91 Å². The van der Waals surface area contributed by atoms with Gasteiger partial charge in [0.1, 0.15) is 0 Å². The van der Waals surface area contributed by atoms with Crippen LogP contribution in [0.5, 0.6) is 0 Å². The summed E-state index contributed by atoms with van der Waals surface area (Å²) < 4.78 is 2.27. The smallest absolute Gasteiger partial charge is 0.274 e. The van der Waals surface area contributed by atoms with Gasteiger partial charge in [0.2, 0.25) is 0 Å². The Morgan fingerprint density at radius 3 is 2.86 bits per heavy atom. The van der Waals surface area contributed by atoms with Crippen LogP contribution >= 0.6 is 0 Å². The summed E-state index contributed by atoms with van der Waals surface area (Å²) in [5, 5.41) is 15.7. The van der Waals surface area contributed by atoms with E-state index in [0.29, 0.717) is 11.6 Å². The molecule has 1 saturated heterocycles. The quantitative estimate of drug-likeness (QED) is 0.581. The lowest BCUT2D eigenvalue weighted by Crippen LogP contribution is -2.39. The zero-order valence-electron chi connectivity index (χ0n) is 15.9. The molecule has 5 heterocycles. The van der Waals surface area contributed by atoms with Gasteiger partial charge in [-0.1, -0.05) is 0 Å². The summed E-state index contributed by atoms with van der Waals surface area (Å²) in [6, 6.07) is 7.69. The average Bonchev–Trinajstić information content (AvgIpc) is 3.45. The topological polar surface area (TPSA) is 92.6 Å². The number of pyridine rings is 1. The largest absolute Gasteiger partial charge is 0.346 e. The number of aromatic amines is 1. The van der Waals surface area contributed by atoms with Crippen LogP contribution in [0.25, 0.3) is 22.2 Å². The molecule has 1 aliphatic rings. The highest BCUT2D eigenvalue weighted by Crippen LogP contribution is 2.25. The molecule has 0 aromatic carbocycles. The fourth-order valence-electron chi connectivity index (χ4n) is 3.97. The third kappa shape index (κ3) is 3.49. The Labute approximate surface area is 167 Å². The van der Waals surface area contributed by atoms with Crippen molar-refractivity contribution in [2.24, 2.45) is 5.92 Å². The Balaban J connectivity index is 1.25. The van der Waals surface area contributed by atoms with Crippen molar-refractivity contribution in [2.75, 3.05) is 13.1 Å². The maximum absolute atomic E-state index is 12.5. The number of aromatic nitrogens is 6. The number of nitrogens with zero attached hydrogens (tertiary/aromatic N) is 6. The number of hydrogen-bond donors (Lipinski definition) is 1. The first-order chi connectivity index (χ1) is 14.3. The highest BCUT2D eigenvalue weighted by Gasteiger charge is 2.25. The first-order valence-electron chi connectivity index (χ1n) is 9.79. The molecule has 0 saturated carbocycles. The molecular formula is C21H21N7O. The zero-order chi connectivity index (χ0) is 19.6. The molecule has 8 heteroatoms. The molecule has 146 valence electrons. The van der Waals surface area contributed by atoms with Gasteiger partial charge < -0.3 is 9.47 Å². The number of fused-ring (bicyclic) bond motifs is 1. The van der Waals surface area contributed by atoms with Gasteiger partial charge in [-0.2, -0.15) is 10.2 Å². The Hall–Kier alpha value is -3.55. The second-order valence-electron chi connectivity index (χ2n) is 7.43. The fraction of sp³-hybridized carbons (Fsp3) is 0.286. The van der Waals surface area contributed by atoms with Crippen molar-refractivity contribution < 1.29 is 4.79 Å². The number of likely N-dealkylation sites (tertiary alicyclic amines) is 1. The summed E-state index contributed by atoms with van der Waals surface area (Å²) in [6.45, 7) is 2.44. The zero-order valence-corrected chi connectivity index (χ0v) is 15.9. The van der Waals surface area contributed by atoms with E-state index in [-0.39, 0.29) is 5.91 Å². The second-order valence-corrected chi connectivity index (χ2v) is 7.43. The predicted octanol–water partition coefficient (Wildman–Crippen LogP) is 2.77. The summed E-state index contributed by atoms with van der Waals surface area (Å²) >= 11 is 0. The Bertz CT molecular complexity index is 1110. The van der Waals surface area contributed by atoms with E-state index >= 15 is 0 Å². The molecule has 1 aliphatic heterocycles. The first kappa shape index (κ1) is 17.5. The van der Waals surface area contributed by atoms with E-state index in [1.807, 2.05) is 17.3 Å². The van der Waals surface area contributed by atoms with Crippen LogP contribution in [0.15, 0.2) is 55.2 Å². The van der Waals surface area contributed by atoms with E-state index in [1.165, 1.54) is 5.39 Å². The monoisotopic (exact) mass is 387 g/mol. The van der Waals surface area contributed by atoms with Crippen LogP contribution < -0.4 is 0 Å². The van der Waals surface area contributed by atoms with Crippen LogP contribution in [0.2, 0.25) is 0 Å². The highest BCUT2D eigenvalue weighted by atomic mass is 16.2. The molecule has 0 spiro atoms. The summed E-state index contributed by atoms with van der Waals surface area (Å²) in [7, 11) is 0. The molecule has 1 fully saturated rings. The lowest BCUT2D eigenvalue weighted by molar-refractivity contribution is 0.0676. The van der Waals surface area contributed by atoms with E-state index < -0.39 is 0 Å². The van der Waals surface area contributed by atoms with Crippen LogP contribution in [-0.4, -0.2) is 53.8 Å². The van der Waals surface area contributed by atoms with Crippen molar-refractivity contribution in [2.45, 2.75) is 19.4 Å². The van der Waals surface area contributed by atoms with Gasteiger partial charge in [-0.05, 0) is 43.0 Å². The normalized spacial score (nSPS) is 15.1. The third-order valence-electron chi connectivity index (χ3n) is 5.60. The van der Waals surface area contributed by atoms with Gasteiger partial charge in [-0.15, -0.1) is 5.10 Å². The molecule has 4 aromatic heterocycles. The second kappa shape index (κ2) is 7.46. The van der Waals surface area contributed by atoms with Crippen molar-refractivity contribution in [1.29, 1.82) is 0 Å². The minimum Gasteiger partial charge on any atom is -0.346 e. The maximum Gasteiger partial charge on any atom is 0.274 e. The van der Waals surface area contributed by atoms with Crippen LogP contribution in [0.3, 0.4) is 0 Å². The Morgan fingerprint density at radius 1 is 1.21 bits per heavy atom. The number of nitrogens with one attached hydrogen (secondary N) is 1. The fourth-order valence-corrected chi connectivity index (χ4v) is 3.97. The van der Waals surface area contributed by atoms with Crippen molar-refractivity contribution in [3.63, 3.8) is 0 Å². The number of amides is 1. The third-order valence-corrected chi connectivity index (χ3v) is 5.60. The summed E-state index contributed by atoms with van der Waals surface area (Å²) in [4.78, 5) is 19.0. The summed E-state index contributed by atoms with van der Waals surface area (Å²) in [5.74, 6) is 0.504. The Kier molecular flexibility index (Phi) is 4.51. The molecule has 0 atom stereocenters. The Morgan fingerprint density at radius 2 is 2.10 bits per heavy atom. The van der Waals surface area contributed by atoms with Crippen LogP contribution in [0, 0.1) is 5.92 Å². The first-order valence-corrected chi connectivity index (χ1v) is 9.79. The predicted molar refractivity (Wildman–Crippen MR) is 108 cm³/mol. The molecular weight excluding hydrogens is 366 g/mol. The molecule has 0 unspecified atom stereocenters. The minimum atomic E-state index is -0.0288. The standard InChI is InChI=1S/C21H21N7O/c29-21(18-2-1-6-23-26-18)27-7-3-15(4-8-27)14-28-9-5-16-10-19(22-13-20(16)28)17-11-24-25-12-17/h1-2,5-6,9-13,15H,3-4,7-8,14H2,(H,24,25). The van der Waals surface area contributed by atoms with Crippen molar-refractivity contribution in [3.8, 4) is 11.3 Å². The number of hydrogen-bond acceptors (Lipinski definition) is 5. The van der Waals surface area contributed by atoms with Gasteiger partial charge >= 0.3 is 0 Å². The highest BCUT2D eigenvalue weighted by molar-refractivity contribution is 5.92. The lowest BCUT2D eigenvalue weighted by atomic mass is 9.96. The van der Waals surface area contributed by atoms with E-state index in [2.05, 4.69) is 48.3 Å². The van der Waals surface area contributed by atoms with Gasteiger partial charge in [0, 0.05) is 49.2 Å².